The van der Waals surface area contributed by atoms with Crippen molar-refractivity contribution in [1.29, 1.82) is 0 Å². The quantitative estimate of drug-likeness (QED) is 0.0647. The fourth-order valence-corrected chi connectivity index (χ4v) is 15.2. The third kappa shape index (κ3) is 12.4. The predicted molar refractivity (Wildman–Crippen MR) is 326 cm³/mol. The molecule has 30 heteroatoms. The van der Waals surface area contributed by atoms with Crippen LogP contribution in [0.4, 0.5) is 0 Å². The Hall–Kier alpha value is -8.88. The number of aliphatic hydroxyl groups is 2. The highest BCUT2D eigenvalue weighted by molar-refractivity contribution is 7.15. The van der Waals surface area contributed by atoms with E-state index in [1.165, 1.54) is 49.7 Å². The predicted octanol–water partition coefficient (Wildman–Crippen LogP) is 6.98. The molecule has 10 bridgehead atoms. The van der Waals surface area contributed by atoms with E-state index < -0.39 is 84.2 Å². The summed E-state index contributed by atoms with van der Waals surface area (Å²) in [5.41, 5.74) is 15.1. The molecule has 1 fully saturated rings. The second-order valence-corrected chi connectivity index (χ2v) is 25.9. The molecular formula is C57H49N15O9S6. The molecule has 0 unspecified atom stereocenters. The molecule has 0 aliphatic carbocycles. The van der Waals surface area contributed by atoms with E-state index in [4.69, 9.17) is 36.1 Å². The first-order chi connectivity index (χ1) is 42.0. The summed E-state index contributed by atoms with van der Waals surface area (Å²) < 4.78 is 5.95. The van der Waals surface area contributed by atoms with Crippen molar-refractivity contribution in [3.63, 3.8) is 0 Å². The Morgan fingerprint density at radius 1 is 0.701 bits per heavy atom. The van der Waals surface area contributed by atoms with E-state index in [0.717, 1.165) is 39.7 Å². The Bertz CT molecular complexity index is 4220. The van der Waals surface area contributed by atoms with Crippen LogP contribution in [0.5, 0.6) is 5.75 Å². The number of aromatic amines is 1. The number of nitrogens with two attached hydrogens (primary N) is 2. The van der Waals surface area contributed by atoms with Crippen LogP contribution in [0.25, 0.3) is 43.4 Å². The number of carbonyl (C=O) groups is 6. The number of imidazole rings is 1. The summed E-state index contributed by atoms with van der Waals surface area (Å²) in [5.74, 6) is -4.10. The fourth-order valence-electron chi connectivity index (χ4n) is 9.92. The number of aryl methyl sites for hydroxylation is 1. The third-order valence-electron chi connectivity index (χ3n) is 14.4. The number of hydrogen-bond acceptors (Lipinski definition) is 23. The summed E-state index contributed by atoms with van der Waals surface area (Å²) in [5, 5.41) is 42.5. The van der Waals surface area contributed by atoms with E-state index in [9.17, 15) is 34.2 Å². The van der Waals surface area contributed by atoms with E-state index in [-0.39, 0.29) is 52.4 Å². The van der Waals surface area contributed by atoms with Crippen molar-refractivity contribution in [1.82, 2.24) is 65.7 Å². The molecule has 0 saturated carbocycles. The lowest BCUT2D eigenvalue weighted by atomic mass is 10.00. The normalized spacial score (nSPS) is 19.4. The molecule has 10 aromatic rings. The number of thiazole rings is 6. The number of pyridine rings is 1. The molecule has 87 heavy (non-hydrogen) atoms. The van der Waals surface area contributed by atoms with E-state index in [0.29, 0.717) is 70.1 Å². The first-order valence-electron chi connectivity index (χ1n) is 26.7. The third-order valence-corrected chi connectivity index (χ3v) is 19.9. The number of rotatable bonds is 11. The van der Waals surface area contributed by atoms with Gasteiger partial charge in [0.05, 0.1) is 48.5 Å². The molecule has 0 spiro atoms. The minimum atomic E-state index is -1.41. The highest BCUT2D eigenvalue weighted by Gasteiger charge is 2.45. The average molecular weight is 1280 g/mol. The summed E-state index contributed by atoms with van der Waals surface area (Å²) in [7, 11) is 0. The van der Waals surface area contributed by atoms with Gasteiger partial charge in [-0.2, -0.15) is 0 Å². The number of nitrogens with one attached hydrogen (secondary N) is 4. The van der Waals surface area contributed by atoms with Gasteiger partial charge in [0.2, 0.25) is 11.8 Å². The van der Waals surface area contributed by atoms with Gasteiger partial charge in [0.25, 0.3) is 23.6 Å². The van der Waals surface area contributed by atoms with Crippen molar-refractivity contribution < 1.29 is 43.7 Å². The van der Waals surface area contributed by atoms with Gasteiger partial charge in [-0.05, 0) is 42.3 Å². The van der Waals surface area contributed by atoms with Crippen molar-refractivity contribution in [3.05, 3.63) is 166 Å². The molecule has 2 aliphatic rings. The van der Waals surface area contributed by atoms with Gasteiger partial charge in [0, 0.05) is 56.2 Å². The Labute approximate surface area is 517 Å². The van der Waals surface area contributed by atoms with Gasteiger partial charge in [0.15, 0.2) is 0 Å². The number of hydrogen-bond donors (Lipinski definition) is 8. The Kier molecular flexibility index (Phi) is 16.7. The number of amides is 6. The van der Waals surface area contributed by atoms with Gasteiger partial charge in [-0.1, -0.05) is 49.4 Å². The number of ether oxygens (including phenoxy) is 1. The molecule has 2 aromatic carbocycles. The molecule has 24 nitrogen and oxygen atoms in total. The number of aromatic nitrogens is 9. The number of primary amides is 2. The molecule has 10 N–H and O–H groups in total. The zero-order chi connectivity index (χ0) is 60.6. The van der Waals surface area contributed by atoms with Crippen molar-refractivity contribution in [2.45, 2.75) is 69.7 Å². The molecule has 8 aromatic heterocycles. The van der Waals surface area contributed by atoms with Crippen molar-refractivity contribution in [3.8, 4) is 49.1 Å². The van der Waals surface area contributed by atoms with Crippen LogP contribution in [0.2, 0.25) is 0 Å². The maximum absolute atomic E-state index is 15.4. The number of H-pyrrole nitrogens is 1. The average Bonchev–Trinajstić information content (AvgIpc) is 2.40. The summed E-state index contributed by atoms with van der Waals surface area (Å²) >= 11 is 6.93. The Balaban J connectivity index is 0.947. The summed E-state index contributed by atoms with van der Waals surface area (Å²) in [4.78, 5) is 126. The second kappa shape index (κ2) is 24.8. The van der Waals surface area contributed by atoms with Crippen LogP contribution in [0.15, 0.2) is 106 Å². The lowest BCUT2D eigenvalue weighted by Gasteiger charge is -2.29. The topological polar surface area (TPSA) is 362 Å². The molecular weight excluding hydrogens is 1230 g/mol. The summed E-state index contributed by atoms with van der Waals surface area (Å²) in [6.07, 6.45) is 0.434. The van der Waals surface area contributed by atoms with Gasteiger partial charge in [0.1, 0.15) is 100 Å². The van der Waals surface area contributed by atoms with E-state index in [1.54, 1.807) is 96.9 Å². The van der Waals surface area contributed by atoms with Gasteiger partial charge in [-0.3, -0.25) is 28.8 Å². The highest BCUT2D eigenvalue weighted by Crippen LogP contribution is 2.43. The van der Waals surface area contributed by atoms with Crippen LogP contribution in [0.3, 0.4) is 0 Å². The van der Waals surface area contributed by atoms with Gasteiger partial charge in [-0.25, -0.2) is 39.9 Å². The van der Waals surface area contributed by atoms with Crippen molar-refractivity contribution in [2.24, 2.45) is 17.4 Å². The molecule has 2 aliphatic heterocycles. The van der Waals surface area contributed by atoms with Crippen LogP contribution in [-0.4, -0.2) is 114 Å². The Morgan fingerprint density at radius 2 is 1.38 bits per heavy atom. The molecule has 7 atom stereocenters. The summed E-state index contributed by atoms with van der Waals surface area (Å²) in [6, 6.07) is 14.7. The maximum Gasteiger partial charge on any atom is 0.271 e. The number of aliphatic hydroxyl groups excluding tert-OH is 2. The maximum atomic E-state index is 15.4. The number of fused-ring (bicyclic) bond motifs is 16. The first kappa shape index (κ1) is 58.5. The highest BCUT2D eigenvalue weighted by atomic mass is 32.1. The van der Waals surface area contributed by atoms with Crippen LogP contribution in [-0.2, 0) is 22.6 Å². The van der Waals surface area contributed by atoms with Gasteiger partial charge in [-0.15, -0.1) is 68.0 Å². The lowest BCUT2D eigenvalue weighted by molar-refractivity contribution is -0.134. The number of benzene rings is 2. The zero-order valence-electron chi connectivity index (χ0n) is 45.6. The van der Waals surface area contributed by atoms with E-state index >= 15 is 4.79 Å². The Morgan fingerprint density at radius 3 is 2.13 bits per heavy atom. The minimum absolute atomic E-state index is 0.000152. The van der Waals surface area contributed by atoms with Crippen LogP contribution < -0.4 is 32.2 Å². The molecule has 442 valence electrons. The number of carbonyl (C=O) groups excluding carboxylic acids is 6. The van der Waals surface area contributed by atoms with E-state index in [1.807, 2.05) is 12.3 Å². The molecule has 12 rings (SSSR count). The lowest BCUT2D eigenvalue weighted by Crippen LogP contribution is -2.50. The monoisotopic (exact) mass is 1280 g/mol. The van der Waals surface area contributed by atoms with E-state index in [2.05, 4.69) is 40.9 Å². The van der Waals surface area contributed by atoms with Crippen LogP contribution >= 0.6 is 68.0 Å². The second-order valence-electron chi connectivity index (χ2n) is 20.3. The summed E-state index contributed by atoms with van der Waals surface area (Å²) in [6.45, 7) is 3.62. The van der Waals surface area contributed by atoms with Crippen molar-refractivity contribution in [2.75, 3.05) is 6.54 Å². The SMILES string of the molecule is Cc1sc2nc1C(=O)N[C@@H]([C@H](O)c1ccccc1)c1nc(cs1)C(=O)N[C@@H](Cc1ccc(OCc3cnc[nH]3)cc1)C(=O)N1C[C@H](O)[C@H](C)[C@H]1c1nc(cs1)-c1nc(cs1)-c1nc(-c3nc(C(N)=O)cs3)ccc1-c1nc(cs1)C(=O)N[C@H]2CC(N)=O. The van der Waals surface area contributed by atoms with Crippen LogP contribution in [0, 0.1) is 12.8 Å². The standard InChI is InChI=1S/C57H49N15O9S6/c1-25-40(73)17-72-45(25)56-69-39(23-86-56)53-65-35(19-83-53)43-31(12-13-32(62-43)52-66-36(20-84-52)47(59)76)51-67-37(21-82-51)48(77)63-33(15-41(58)74)54-71-42(26(2)87-54)50(79)70-44(46(75)28-6-4-3-5-7-28)55-68-38(22-85-55)49(78)64-34(57(72)80)14-27-8-10-30(11-9-27)81-18-29-16-60-24-61-29/h3-13,16,19-25,33-34,40,44-46,73,75H,14-15,17-18H2,1-2H3,(H2,58,74)(H2,59,76)(H,60,61)(H,63,77)(H,64,78)(H,70,79)/t25-,33-,34-,40-,44-,45-,46+/m0/s1. The van der Waals surface area contributed by atoms with Crippen LogP contribution in [0.1, 0.15) is 116 Å². The first-order valence-corrected chi connectivity index (χ1v) is 31.9. The van der Waals surface area contributed by atoms with Gasteiger partial charge >= 0.3 is 0 Å². The molecule has 1 saturated heterocycles. The largest absolute Gasteiger partial charge is 0.487 e. The van der Waals surface area contributed by atoms with Crippen molar-refractivity contribution >= 4 is 103 Å². The smallest absolute Gasteiger partial charge is 0.271 e. The molecule has 10 heterocycles. The molecule has 0 radical (unpaired) electrons. The van der Waals surface area contributed by atoms with Gasteiger partial charge < -0.3 is 52.3 Å². The molecule has 6 amide bonds. The zero-order valence-corrected chi connectivity index (χ0v) is 50.5. The fraction of sp³-hybridized carbons (Fsp3) is 0.228. The number of nitrogens with zero attached hydrogens (tertiary/aromatic N) is 9. The minimum Gasteiger partial charge on any atom is -0.487 e.